The highest BCUT2D eigenvalue weighted by Gasteiger charge is 2.57. The summed E-state index contributed by atoms with van der Waals surface area (Å²) in [7, 11) is 1.20. The molecule has 4 heterocycles. The van der Waals surface area contributed by atoms with Crippen molar-refractivity contribution in [3.8, 4) is 5.88 Å². The molecule has 0 saturated carbocycles. The van der Waals surface area contributed by atoms with Crippen molar-refractivity contribution in [3.05, 3.63) is 83.9 Å². The molecule has 14 heteroatoms. The van der Waals surface area contributed by atoms with Gasteiger partial charge in [-0.25, -0.2) is 4.99 Å². The topological polar surface area (TPSA) is 172 Å². The van der Waals surface area contributed by atoms with Crippen molar-refractivity contribution >= 4 is 46.5 Å². The van der Waals surface area contributed by atoms with E-state index in [1.165, 1.54) is 0 Å². The molecule has 1 amide bonds. The van der Waals surface area contributed by atoms with E-state index in [4.69, 9.17) is 19.0 Å². The molecule has 4 aromatic rings. The molecule has 3 aliphatic heterocycles. The molecule has 3 saturated heterocycles. The van der Waals surface area contributed by atoms with E-state index in [1.54, 1.807) is 12.1 Å². The Kier molecular flexibility index (Phi) is 9.07. The first-order chi connectivity index (χ1) is 23.2. The van der Waals surface area contributed by atoms with Crippen LogP contribution in [0.15, 0.2) is 77.8 Å². The summed E-state index contributed by atoms with van der Waals surface area (Å²) >= 11 is 0. The van der Waals surface area contributed by atoms with Gasteiger partial charge in [0.05, 0.1) is 36.7 Å². The quantitative estimate of drug-likeness (QED) is 0.118. The van der Waals surface area contributed by atoms with Crippen molar-refractivity contribution in [1.82, 2.24) is 14.8 Å². The number of nitrogens with zero attached hydrogens (tertiary/aromatic N) is 3. The fraction of sp³-hybridized carbons (Fsp3) is 0.353. The van der Waals surface area contributed by atoms with Gasteiger partial charge in [-0.3, -0.25) is 9.69 Å². The summed E-state index contributed by atoms with van der Waals surface area (Å²) in [6, 6.07) is 22.2. The molecule has 3 aromatic carbocycles. The van der Waals surface area contributed by atoms with Crippen LogP contribution in [-0.4, -0.2) is 131 Å². The van der Waals surface area contributed by atoms with E-state index in [2.05, 4.69) is 27.1 Å². The summed E-state index contributed by atoms with van der Waals surface area (Å²) in [5.41, 5.74) is 4.36. The number of aromatic amines is 1. The van der Waals surface area contributed by atoms with Gasteiger partial charge in [0.1, 0.15) is 18.3 Å². The van der Waals surface area contributed by atoms with E-state index in [0.717, 1.165) is 31.7 Å². The number of benzene rings is 3. The number of aliphatic hydroxyl groups is 3. The second kappa shape index (κ2) is 13.4. The third kappa shape index (κ3) is 6.49. The number of carbonyl (C=O) groups excluding carboxylic acids is 1. The average molecular weight is 656 g/mol. The minimum atomic E-state index is -2.12. The van der Waals surface area contributed by atoms with Crippen LogP contribution in [0.3, 0.4) is 0 Å². The Morgan fingerprint density at radius 3 is 2.56 bits per heavy atom. The SMILES string of the molecule is CN1CCN(CC(=O)Nc2ccc(N=C(c3ccccc3)c3c(O)[nH]c4cc(B5OC[C@H]6O[C@@](O)(CO)[C@@H](O)[C@@H]6O5)ccc34)cc2)CC1. The molecule has 250 valence electrons. The fourth-order valence-electron chi connectivity index (χ4n) is 6.43. The molecular formula is C34H38BN5O8. The molecular weight excluding hydrogens is 617 g/mol. The van der Waals surface area contributed by atoms with Crippen LogP contribution in [-0.2, 0) is 18.8 Å². The summed E-state index contributed by atoms with van der Waals surface area (Å²) in [6.45, 7) is 3.21. The summed E-state index contributed by atoms with van der Waals surface area (Å²) in [4.78, 5) is 25.1. The molecule has 1 aromatic heterocycles. The largest absolute Gasteiger partial charge is 0.494 e. The Labute approximate surface area is 277 Å². The summed E-state index contributed by atoms with van der Waals surface area (Å²) in [6.07, 6.45) is -3.10. The lowest BCUT2D eigenvalue weighted by Crippen LogP contribution is -2.54. The minimum Gasteiger partial charge on any atom is -0.494 e. The first-order valence-corrected chi connectivity index (χ1v) is 16.0. The van der Waals surface area contributed by atoms with Gasteiger partial charge < -0.3 is 49.7 Å². The predicted molar refractivity (Wildman–Crippen MR) is 180 cm³/mol. The first-order valence-electron chi connectivity index (χ1n) is 16.0. The highest BCUT2D eigenvalue weighted by atomic mass is 16.7. The number of amides is 1. The number of ether oxygens (including phenoxy) is 1. The van der Waals surface area contributed by atoms with Crippen LogP contribution in [0.4, 0.5) is 11.4 Å². The Morgan fingerprint density at radius 2 is 1.83 bits per heavy atom. The first kappa shape index (κ1) is 32.4. The number of aliphatic imine (C=N–C) groups is 1. The van der Waals surface area contributed by atoms with E-state index in [1.807, 2.05) is 60.7 Å². The van der Waals surface area contributed by atoms with Crippen molar-refractivity contribution < 1.29 is 39.3 Å². The zero-order valence-corrected chi connectivity index (χ0v) is 26.5. The minimum absolute atomic E-state index is 0.0392. The van der Waals surface area contributed by atoms with Crippen molar-refractivity contribution in [2.75, 3.05) is 58.3 Å². The number of H-pyrrole nitrogens is 1. The number of aliphatic hydroxyl groups excluding tert-OH is 2. The standard InChI is InChI=1S/C34H38BN5O8/c1-39-13-15-40(16-14-39)18-28(42)36-23-8-10-24(11-9-23)37-30(21-5-3-2-4-6-21)29-25-12-7-22(17-26(25)38-33(29)44)35-46-19-27-31(48-35)32(43)34(45,20-41)47-27/h2-12,17,27,31-32,38,41,43-45H,13-16,18-20H2,1H3,(H,36,42)/t27-,31-,32+,34+/m1/s1. The number of aromatic nitrogens is 1. The van der Waals surface area contributed by atoms with Crippen molar-refractivity contribution in [3.63, 3.8) is 0 Å². The monoisotopic (exact) mass is 655 g/mol. The number of hydrogen-bond acceptors (Lipinski definition) is 11. The Morgan fingerprint density at radius 1 is 1.08 bits per heavy atom. The molecule has 3 aliphatic rings. The maximum Gasteiger partial charge on any atom is 0.494 e. The molecule has 6 N–H and O–H groups in total. The number of nitrogens with one attached hydrogen (secondary N) is 2. The molecule has 0 unspecified atom stereocenters. The molecule has 3 fully saturated rings. The fourth-order valence-corrected chi connectivity index (χ4v) is 6.43. The number of carbonyl (C=O) groups is 1. The van der Waals surface area contributed by atoms with Gasteiger partial charge in [0.2, 0.25) is 11.7 Å². The van der Waals surface area contributed by atoms with Gasteiger partial charge in [0.15, 0.2) is 5.88 Å². The normalized spacial score (nSPS) is 25.4. The van der Waals surface area contributed by atoms with Gasteiger partial charge in [-0.05, 0) is 42.8 Å². The molecule has 0 aliphatic carbocycles. The van der Waals surface area contributed by atoms with Crippen LogP contribution < -0.4 is 10.8 Å². The van der Waals surface area contributed by atoms with E-state index in [0.29, 0.717) is 45.6 Å². The summed E-state index contributed by atoms with van der Waals surface area (Å²) < 4.78 is 17.2. The van der Waals surface area contributed by atoms with Crippen molar-refractivity contribution in [1.29, 1.82) is 0 Å². The summed E-state index contributed by atoms with van der Waals surface area (Å²) in [5, 5.41) is 45.3. The summed E-state index contributed by atoms with van der Waals surface area (Å²) in [5.74, 6) is -2.26. The van der Waals surface area contributed by atoms with Crippen LogP contribution in [0.5, 0.6) is 5.88 Å². The van der Waals surface area contributed by atoms with E-state index in [-0.39, 0.29) is 18.4 Å². The second-order valence-corrected chi connectivity index (χ2v) is 12.5. The third-order valence-electron chi connectivity index (χ3n) is 9.13. The van der Waals surface area contributed by atoms with Gasteiger partial charge in [0, 0.05) is 48.3 Å². The number of piperazine rings is 1. The van der Waals surface area contributed by atoms with Crippen molar-refractivity contribution in [2.24, 2.45) is 4.99 Å². The number of rotatable bonds is 8. The molecule has 4 atom stereocenters. The van der Waals surface area contributed by atoms with Crippen LogP contribution in [0.1, 0.15) is 11.1 Å². The van der Waals surface area contributed by atoms with Crippen molar-refractivity contribution in [2.45, 2.75) is 24.1 Å². The lowest BCUT2D eigenvalue weighted by molar-refractivity contribution is -0.247. The number of anilines is 1. The van der Waals surface area contributed by atoms with Gasteiger partial charge in [-0.1, -0.05) is 42.5 Å². The number of fused-ring (bicyclic) bond motifs is 2. The van der Waals surface area contributed by atoms with Gasteiger partial charge in [-0.2, -0.15) is 0 Å². The van der Waals surface area contributed by atoms with E-state index < -0.39 is 37.8 Å². The molecule has 0 radical (unpaired) electrons. The van der Waals surface area contributed by atoms with Gasteiger partial charge in [-0.15, -0.1) is 0 Å². The molecule has 0 bridgehead atoms. The predicted octanol–water partition coefficient (Wildman–Crippen LogP) is 0.780. The Balaban J connectivity index is 1.13. The van der Waals surface area contributed by atoms with Crippen LogP contribution in [0.2, 0.25) is 0 Å². The van der Waals surface area contributed by atoms with Gasteiger partial charge >= 0.3 is 7.12 Å². The highest BCUT2D eigenvalue weighted by molar-refractivity contribution is 6.61. The molecule has 13 nitrogen and oxygen atoms in total. The molecule has 7 rings (SSSR count). The third-order valence-corrected chi connectivity index (χ3v) is 9.13. The maximum absolute atomic E-state index is 12.7. The highest BCUT2D eigenvalue weighted by Crippen LogP contribution is 2.35. The lowest BCUT2D eigenvalue weighted by Gasteiger charge is -2.31. The molecule has 48 heavy (non-hydrogen) atoms. The maximum atomic E-state index is 12.7. The Hall–Kier alpha value is -4.12. The number of hydrogen-bond donors (Lipinski definition) is 6. The van der Waals surface area contributed by atoms with E-state index >= 15 is 0 Å². The van der Waals surface area contributed by atoms with Crippen LogP contribution in [0.25, 0.3) is 10.9 Å². The Bertz CT molecular complexity index is 1800. The number of aromatic hydroxyl groups is 1. The lowest BCUT2D eigenvalue weighted by atomic mass is 9.76. The average Bonchev–Trinajstić information content (AvgIpc) is 3.56. The van der Waals surface area contributed by atoms with Gasteiger partial charge in [0.25, 0.3) is 0 Å². The zero-order chi connectivity index (χ0) is 33.4. The second-order valence-electron chi connectivity index (χ2n) is 12.5. The van der Waals surface area contributed by atoms with E-state index in [9.17, 15) is 25.2 Å². The number of likely N-dealkylation sites (N-methyl/N-ethyl adjacent to an activating group) is 1. The zero-order valence-electron chi connectivity index (χ0n) is 26.5. The van der Waals surface area contributed by atoms with Crippen LogP contribution >= 0.6 is 0 Å². The smallest absolute Gasteiger partial charge is 0.494 e. The molecule has 0 spiro atoms. The van der Waals surface area contributed by atoms with Crippen LogP contribution in [0, 0.1) is 0 Å².